The average molecular weight is 535 g/mol. The van der Waals surface area contributed by atoms with Gasteiger partial charge in [-0.25, -0.2) is 9.40 Å². The molecule has 0 spiro atoms. The lowest BCUT2D eigenvalue weighted by Crippen LogP contribution is -2.25. The number of hydrazone groups is 1. The third-order valence-electron chi connectivity index (χ3n) is 6.12. The van der Waals surface area contributed by atoms with Gasteiger partial charge in [-0.1, -0.05) is 53.7 Å². The molecule has 188 valence electrons. The smallest absolute Gasteiger partial charge is 0.262 e. The molecule has 9 heteroatoms. The highest BCUT2D eigenvalue weighted by molar-refractivity contribution is 8.15. The number of rotatable bonds is 5. The van der Waals surface area contributed by atoms with Crippen molar-refractivity contribution in [1.82, 2.24) is 5.01 Å². The van der Waals surface area contributed by atoms with Crippen LogP contribution < -0.4 is 5.32 Å². The fraction of sp³-hybridized carbons (Fsp3) is 0.214. The molecule has 0 saturated heterocycles. The van der Waals surface area contributed by atoms with E-state index in [9.17, 15) is 14.0 Å². The highest BCUT2D eigenvalue weighted by Crippen LogP contribution is 2.39. The van der Waals surface area contributed by atoms with E-state index in [2.05, 4.69) is 10.3 Å². The summed E-state index contributed by atoms with van der Waals surface area (Å²) in [6, 6.07) is 19.2. The maximum Gasteiger partial charge on any atom is 0.262 e. The van der Waals surface area contributed by atoms with Crippen LogP contribution in [0.15, 0.2) is 76.8 Å². The van der Waals surface area contributed by atoms with Gasteiger partial charge in [-0.15, -0.1) is 0 Å². The summed E-state index contributed by atoms with van der Waals surface area (Å²) >= 11 is 7.49. The molecule has 0 bridgehead atoms. The summed E-state index contributed by atoms with van der Waals surface area (Å²) in [5.41, 5.74) is 5.24. The molecule has 37 heavy (non-hydrogen) atoms. The first-order valence-corrected chi connectivity index (χ1v) is 13.1. The lowest BCUT2D eigenvalue weighted by molar-refractivity contribution is -0.121. The number of hydrogen-bond acceptors (Lipinski definition) is 5. The number of hydrogen-bond donors (Lipinski definition) is 1. The lowest BCUT2D eigenvalue weighted by Gasteiger charge is -2.23. The van der Waals surface area contributed by atoms with Gasteiger partial charge in [0, 0.05) is 23.6 Å². The van der Waals surface area contributed by atoms with Crippen molar-refractivity contribution in [3.63, 3.8) is 0 Å². The number of amides is 2. The van der Waals surface area contributed by atoms with Crippen LogP contribution >= 0.6 is 23.4 Å². The maximum absolute atomic E-state index is 13.5. The highest BCUT2D eigenvalue weighted by atomic mass is 35.5. The number of carbonyl (C=O) groups is 2. The van der Waals surface area contributed by atoms with Gasteiger partial charge in [0.25, 0.3) is 5.91 Å². The zero-order valence-corrected chi connectivity index (χ0v) is 21.8. The van der Waals surface area contributed by atoms with Crippen molar-refractivity contribution in [3.05, 3.63) is 99.8 Å². The van der Waals surface area contributed by atoms with Crippen molar-refractivity contribution in [2.75, 3.05) is 5.32 Å². The minimum atomic E-state index is -0.647. The van der Waals surface area contributed by atoms with E-state index in [1.54, 1.807) is 23.2 Å². The van der Waals surface area contributed by atoms with Crippen LogP contribution in [0.1, 0.15) is 41.1 Å². The van der Waals surface area contributed by atoms with Gasteiger partial charge in [0.2, 0.25) is 5.91 Å². The molecular formula is C28H24ClFN4O2S. The largest absolute Gasteiger partial charge is 0.326 e. The van der Waals surface area contributed by atoms with Gasteiger partial charge in [0.15, 0.2) is 5.17 Å². The summed E-state index contributed by atoms with van der Waals surface area (Å²) in [6.45, 7) is 3.93. The van der Waals surface area contributed by atoms with Crippen molar-refractivity contribution >= 4 is 51.7 Å². The Kier molecular flexibility index (Phi) is 7.13. The second-order valence-electron chi connectivity index (χ2n) is 9.14. The Labute approximate surface area is 223 Å². The normalized spacial score (nSPS) is 19.1. The summed E-state index contributed by atoms with van der Waals surface area (Å²) in [5.74, 6) is -0.949. The van der Waals surface area contributed by atoms with E-state index in [1.165, 1.54) is 23.9 Å². The molecule has 5 rings (SSSR count). The number of benzene rings is 3. The number of nitrogens with zero attached hydrogens (tertiary/aromatic N) is 3. The van der Waals surface area contributed by atoms with E-state index in [-0.39, 0.29) is 30.1 Å². The first-order chi connectivity index (χ1) is 17.7. The van der Waals surface area contributed by atoms with Crippen LogP contribution in [0.2, 0.25) is 5.02 Å². The van der Waals surface area contributed by atoms with Crippen LogP contribution in [0.25, 0.3) is 0 Å². The molecule has 2 atom stereocenters. The van der Waals surface area contributed by atoms with Crippen molar-refractivity contribution in [2.45, 2.75) is 38.0 Å². The molecule has 1 N–H and O–H groups in total. The third kappa shape index (κ3) is 5.76. The van der Waals surface area contributed by atoms with E-state index in [0.717, 1.165) is 28.0 Å². The topological polar surface area (TPSA) is 74.1 Å². The molecule has 2 aliphatic rings. The maximum atomic E-state index is 13.5. The molecule has 3 aromatic carbocycles. The monoisotopic (exact) mass is 534 g/mol. The van der Waals surface area contributed by atoms with Gasteiger partial charge < -0.3 is 5.32 Å². The molecule has 2 unspecified atom stereocenters. The first-order valence-electron chi connectivity index (χ1n) is 11.8. The Bertz CT molecular complexity index is 1420. The zero-order valence-electron chi connectivity index (χ0n) is 20.2. The van der Waals surface area contributed by atoms with Crippen LogP contribution in [0, 0.1) is 19.7 Å². The summed E-state index contributed by atoms with van der Waals surface area (Å²) in [4.78, 5) is 29.8. The first kappa shape index (κ1) is 25.2. The number of nitrogens with one attached hydrogen (secondary N) is 1. The molecule has 2 amide bonds. The van der Waals surface area contributed by atoms with Crippen molar-refractivity contribution < 1.29 is 14.0 Å². The van der Waals surface area contributed by atoms with Crippen molar-refractivity contribution in [2.24, 2.45) is 10.1 Å². The van der Waals surface area contributed by atoms with Gasteiger partial charge in [-0.2, -0.15) is 10.1 Å². The summed E-state index contributed by atoms with van der Waals surface area (Å²) in [5, 5.41) is 9.75. The predicted octanol–water partition coefficient (Wildman–Crippen LogP) is 6.27. The number of halogens is 2. The molecule has 0 radical (unpaired) electrons. The minimum Gasteiger partial charge on any atom is -0.326 e. The Hall–Kier alpha value is -3.49. The number of aryl methyl sites for hydroxylation is 2. The van der Waals surface area contributed by atoms with Crippen LogP contribution in [0.4, 0.5) is 10.1 Å². The number of thioether (sulfide) groups is 1. The number of anilines is 1. The number of amidine groups is 1. The van der Waals surface area contributed by atoms with Crippen LogP contribution in [-0.2, 0) is 9.59 Å². The van der Waals surface area contributed by atoms with E-state index in [4.69, 9.17) is 16.7 Å². The molecule has 0 fully saturated rings. The molecule has 0 aliphatic carbocycles. The lowest BCUT2D eigenvalue weighted by atomic mass is 9.98. The molecule has 2 heterocycles. The molecule has 0 saturated carbocycles. The summed E-state index contributed by atoms with van der Waals surface area (Å²) in [6.07, 6.45) is 0.519. The number of aliphatic imine (C=N–C) groups is 1. The second-order valence-corrected chi connectivity index (χ2v) is 10.7. The van der Waals surface area contributed by atoms with Crippen molar-refractivity contribution in [3.8, 4) is 0 Å². The fourth-order valence-corrected chi connectivity index (χ4v) is 5.77. The van der Waals surface area contributed by atoms with Gasteiger partial charge in [-0.3, -0.25) is 9.59 Å². The predicted molar refractivity (Wildman–Crippen MR) is 147 cm³/mol. The summed E-state index contributed by atoms with van der Waals surface area (Å²) < 4.78 is 13.5. The summed E-state index contributed by atoms with van der Waals surface area (Å²) in [7, 11) is 0. The Morgan fingerprint density at radius 2 is 1.84 bits per heavy atom. The van der Waals surface area contributed by atoms with Crippen LogP contribution in [0.5, 0.6) is 0 Å². The number of carbonyl (C=O) groups excluding carboxylic acids is 2. The van der Waals surface area contributed by atoms with Gasteiger partial charge in [0.05, 0.1) is 11.8 Å². The molecule has 0 aromatic heterocycles. The van der Waals surface area contributed by atoms with Crippen molar-refractivity contribution in [1.29, 1.82) is 0 Å². The van der Waals surface area contributed by atoms with E-state index in [1.807, 2.05) is 50.2 Å². The second kappa shape index (κ2) is 10.5. The molecular weight excluding hydrogens is 511 g/mol. The Balaban J connectivity index is 1.35. The van der Waals surface area contributed by atoms with E-state index < -0.39 is 5.25 Å². The quantitative estimate of drug-likeness (QED) is 0.418. The van der Waals surface area contributed by atoms with Crippen LogP contribution in [0.3, 0.4) is 0 Å². The standard InChI is InChI=1S/C28H24ClFN4O2S/c1-16-10-17(2)12-22(11-16)31-26(35)15-25-27(36)32-28(37-25)34-24(19-4-3-5-20(29)13-19)14-23(33-34)18-6-8-21(30)9-7-18/h3-13,24-25H,14-15H2,1-2H3,(H,31,35). The highest BCUT2D eigenvalue weighted by Gasteiger charge is 2.39. The fourth-order valence-electron chi connectivity index (χ4n) is 4.51. The third-order valence-corrected chi connectivity index (χ3v) is 7.50. The van der Waals surface area contributed by atoms with E-state index in [0.29, 0.717) is 22.3 Å². The Morgan fingerprint density at radius 3 is 2.54 bits per heavy atom. The van der Waals surface area contributed by atoms with E-state index >= 15 is 0 Å². The van der Waals surface area contributed by atoms with Gasteiger partial charge in [-0.05, 0) is 72.5 Å². The molecule has 2 aliphatic heterocycles. The molecule has 6 nitrogen and oxygen atoms in total. The Morgan fingerprint density at radius 1 is 1.11 bits per heavy atom. The molecule has 3 aromatic rings. The van der Waals surface area contributed by atoms with Gasteiger partial charge in [0.1, 0.15) is 11.1 Å². The zero-order chi connectivity index (χ0) is 26.1. The van der Waals surface area contributed by atoms with Crippen LogP contribution in [-0.4, -0.2) is 33.0 Å². The SMILES string of the molecule is Cc1cc(C)cc(NC(=O)CC2SC(N3N=C(c4ccc(F)cc4)CC3c3cccc(Cl)c3)=NC2=O)c1. The average Bonchev–Trinajstić information content (AvgIpc) is 3.43. The minimum absolute atomic E-state index is 0.00626. The van der Waals surface area contributed by atoms with Gasteiger partial charge >= 0.3 is 0 Å².